The molecule has 0 saturated heterocycles. The molecule has 1 aromatic carbocycles. The van der Waals surface area contributed by atoms with Crippen molar-refractivity contribution in [3.8, 4) is 5.69 Å². The number of amides is 1. The number of aromatic nitrogens is 3. The van der Waals surface area contributed by atoms with Crippen molar-refractivity contribution in [3.63, 3.8) is 0 Å². The van der Waals surface area contributed by atoms with Crippen molar-refractivity contribution in [2.75, 3.05) is 20.8 Å². The third-order valence-electron chi connectivity index (χ3n) is 3.30. The van der Waals surface area contributed by atoms with E-state index in [0.717, 1.165) is 11.3 Å². The van der Waals surface area contributed by atoms with Crippen LogP contribution in [0.2, 0.25) is 0 Å². The van der Waals surface area contributed by atoms with Gasteiger partial charge >= 0.3 is 0 Å². The van der Waals surface area contributed by atoms with Crippen LogP contribution in [-0.4, -0.2) is 46.3 Å². The quantitative estimate of drug-likeness (QED) is 0.827. The lowest BCUT2D eigenvalue weighted by Crippen LogP contribution is -2.32. The Hall–Kier alpha value is -2.21. The molecule has 6 heteroatoms. The Bertz CT molecular complexity index is 551. The Morgan fingerprint density at radius 2 is 2.10 bits per heavy atom. The van der Waals surface area contributed by atoms with Gasteiger partial charge in [0.05, 0.1) is 11.7 Å². The van der Waals surface area contributed by atoms with Gasteiger partial charge < -0.3 is 9.64 Å². The van der Waals surface area contributed by atoms with E-state index in [9.17, 15) is 4.79 Å². The van der Waals surface area contributed by atoms with Crippen molar-refractivity contribution in [1.29, 1.82) is 0 Å². The van der Waals surface area contributed by atoms with E-state index in [1.165, 1.54) is 13.4 Å². The van der Waals surface area contributed by atoms with Gasteiger partial charge in [0.1, 0.15) is 19.3 Å². The molecular weight excluding hydrogens is 256 g/mol. The van der Waals surface area contributed by atoms with Gasteiger partial charge in [-0.05, 0) is 24.6 Å². The molecule has 0 saturated carbocycles. The molecule has 0 unspecified atom stereocenters. The first-order valence-corrected chi connectivity index (χ1v) is 6.33. The molecular formula is C14H18N4O2. The molecule has 0 bridgehead atoms. The molecule has 0 radical (unpaired) electrons. The second kappa shape index (κ2) is 6.29. The van der Waals surface area contributed by atoms with Gasteiger partial charge in [0.25, 0.3) is 0 Å². The summed E-state index contributed by atoms with van der Waals surface area (Å²) in [5.74, 6) is -0.0413. The number of methoxy groups -OCH3 is 1. The van der Waals surface area contributed by atoms with E-state index < -0.39 is 0 Å². The molecule has 106 valence electrons. The summed E-state index contributed by atoms with van der Waals surface area (Å²) in [7, 11) is 3.29. The first-order valence-electron chi connectivity index (χ1n) is 6.33. The Balaban J connectivity index is 2.11. The van der Waals surface area contributed by atoms with Crippen LogP contribution in [0.1, 0.15) is 18.5 Å². The van der Waals surface area contributed by atoms with Gasteiger partial charge in [0.2, 0.25) is 5.91 Å². The number of hydrogen-bond donors (Lipinski definition) is 0. The highest BCUT2D eigenvalue weighted by Gasteiger charge is 2.16. The fraction of sp³-hybridized carbons (Fsp3) is 0.357. The van der Waals surface area contributed by atoms with Crippen LogP contribution in [0.3, 0.4) is 0 Å². The Kier molecular flexibility index (Phi) is 4.47. The van der Waals surface area contributed by atoms with Crippen molar-refractivity contribution in [1.82, 2.24) is 19.7 Å². The van der Waals surface area contributed by atoms with Crippen LogP contribution in [-0.2, 0) is 9.53 Å². The minimum Gasteiger partial charge on any atom is -0.375 e. The van der Waals surface area contributed by atoms with Crippen LogP contribution in [0, 0.1) is 0 Å². The van der Waals surface area contributed by atoms with Crippen molar-refractivity contribution in [3.05, 3.63) is 42.5 Å². The molecule has 2 aromatic rings. The number of benzene rings is 1. The van der Waals surface area contributed by atoms with E-state index in [4.69, 9.17) is 4.74 Å². The number of ether oxygens (including phenoxy) is 1. The highest BCUT2D eigenvalue weighted by atomic mass is 16.5. The van der Waals surface area contributed by atoms with Crippen LogP contribution in [0.4, 0.5) is 0 Å². The van der Waals surface area contributed by atoms with E-state index in [0.29, 0.717) is 0 Å². The summed E-state index contributed by atoms with van der Waals surface area (Å²) in [4.78, 5) is 17.4. The highest BCUT2D eigenvalue weighted by Crippen LogP contribution is 2.20. The molecule has 0 fully saturated rings. The predicted octanol–water partition coefficient (Wildman–Crippen LogP) is 1.43. The zero-order valence-corrected chi connectivity index (χ0v) is 11.9. The Morgan fingerprint density at radius 3 is 2.65 bits per heavy atom. The maximum atomic E-state index is 11.8. The second-order valence-corrected chi connectivity index (χ2v) is 4.55. The van der Waals surface area contributed by atoms with E-state index in [-0.39, 0.29) is 18.6 Å². The van der Waals surface area contributed by atoms with Gasteiger partial charge in [0, 0.05) is 14.2 Å². The molecule has 1 aromatic heterocycles. The van der Waals surface area contributed by atoms with E-state index in [2.05, 4.69) is 10.1 Å². The lowest BCUT2D eigenvalue weighted by molar-refractivity contribution is -0.135. The lowest BCUT2D eigenvalue weighted by Gasteiger charge is -2.25. The Morgan fingerprint density at radius 1 is 1.40 bits per heavy atom. The molecule has 0 aliphatic rings. The van der Waals surface area contributed by atoms with Crippen molar-refractivity contribution in [2.24, 2.45) is 0 Å². The highest BCUT2D eigenvalue weighted by molar-refractivity contribution is 5.77. The predicted molar refractivity (Wildman–Crippen MR) is 74.4 cm³/mol. The summed E-state index contributed by atoms with van der Waals surface area (Å²) < 4.78 is 6.56. The van der Waals surface area contributed by atoms with E-state index in [1.54, 1.807) is 23.0 Å². The average Bonchev–Trinajstić information content (AvgIpc) is 3.00. The van der Waals surface area contributed by atoms with Gasteiger partial charge in [-0.3, -0.25) is 4.79 Å². The Labute approximate surface area is 118 Å². The van der Waals surface area contributed by atoms with Crippen molar-refractivity contribution in [2.45, 2.75) is 13.0 Å². The second-order valence-electron chi connectivity index (χ2n) is 4.55. The summed E-state index contributed by atoms with van der Waals surface area (Å²) in [5.41, 5.74) is 1.99. The fourth-order valence-corrected chi connectivity index (χ4v) is 1.91. The summed E-state index contributed by atoms with van der Waals surface area (Å²) in [6.45, 7) is 2.08. The summed E-state index contributed by atoms with van der Waals surface area (Å²) >= 11 is 0. The van der Waals surface area contributed by atoms with Gasteiger partial charge in [-0.2, -0.15) is 5.10 Å². The van der Waals surface area contributed by atoms with Gasteiger partial charge in [0.15, 0.2) is 0 Å². The lowest BCUT2D eigenvalue weighted by atomic mass is 10.1. The number of carbonyl (C=O) groups is 1. The van der Waals surface area contributed by atoms with Gasteiger partial charge in [-0.25, -0.2) is 9.67 Å². The molecule has 0 spiro atoms. The molecule has 0 aliphatic carbocycles. The number of nitrogens with zero attached hydrogens (tertiary/aromatic N) is 4. The molecule has 1 atom stereocenters. The van der Waals surface area contributed by atoms with Crippen LogP contribution >= 0.6 is 0 Å². The van der Waals surface area contributed by atoms with E-state index in [1.807, 2.05) is 31.2 Å². The van der Waals surface area contributed by atoms with Gasteiger partial charge in [-0.1, -0.05) is 12.1 Å². The minimum atomic E-state index is -0.0413. The van der Waals surface area contributed by atoms with Crippen molar-refractivity contribution >= 4 is 5.91 Å². The first-order chi connectivity index (χ1) is 9.63. The first kappa shape index (κ1) is 14.2. The smallest absolute Gasteiger partial charge is 0.248 e. The summed E-state index contributed by atoms with van der Waals surface area (Å²) in [6, 6.07) is 7.86. The minimum absolute atomic E-state index is 0.0116. The maximum Gasteiger partial charge on any atom is 0.248 e. The third kappa shape index (κ3) is 3.03. The molecule has 1 amide bonds. The largest absolute Gasteiger partial charge is 0.375 e. The molecule has 0 N–H and O–H groups in total. The SMILES string of the molecule is COCC(=O)N(C)[C@H](C)c1ccc(-n2cncn2)cc1. The monoisotopic (exact) mass is 274 g/mol. The molecule has 6 nitrogen and oxygen atoms in total. The summed E-state index contributed by atoms with van der Waals surface area (Å²) in [5, 5.41) is 4.07. The molecule has 20 heavy (non-hydrogen) atoms. The number of carbonyl (C=O) groups excluding carboxylic acids is 1. The van der Waals surface area contributed by atoms with Crippen molar-refractivity contribution < 1.29 is 9.53 Å². The zero-order valence-electron chi connectivity index (χ0n) is 11.9. The normalized spacial score (nSPS) is 12.2. The molecule has 2 rings (SSSR count). The van der Waals surface area contributed by atoms with E-state index >= 15 is 0 Å². The molecule has 1 heterocycles. The maximum absolute atomic E-state index is 11.8. The number of hydrogen-bond acceptors (Lipinski definition) is 4. The molecule has 0 aliphatic heterocycles. The number of likely N-dealkylation sites (N-methyl/N-ethyl adjacent to an activating group) is 1. The standard InChI is InChI=1S/C14H18N4O2/c1-11(17(2)14(19)8-20-3)12-4-6-13(7-5-12)18-10-15-9-16-18/h4-7,9-11H,8H2,1-3H3/t11-/m1/s1. The summed E-state index contributed by atoms with van der Waals surface area (Å²) in [6.07, 6.45) is 3.14. The zero-order chi connectivity index (χ0) is 14.5. The van der Waals surface area contributed by atoms with Crippen LogP contribution in [0.15, 0.2) is 36.9 Å². The van der Waals surface area contributed by atoms with Crippen LogP contribution in [0.25, 0.3) is 5.69 Å². The average molecular weight is 274 g/mol. The fourth-order valence-electron chi connectivity index (χ4n) is 1.91. The van der Waals surface area contributed by atoms with Gasteiger partial charge in [-0.15, -0.1) is 0 Å². The topological polar surface area (TPSA) is 60.2 Å². The van der Waals surface area contributed by atoms with Crippen LogP contribution in [0.5, 0.6) is 0 Å². The number of rotatable bonds is 5. The van der Waals surface area contributed by atoms with Crippen LogP contribution < -0.4 is 0 Å². The third-order valence-corrected chi connectivity index (χ3v) is 3.30.